The summed E-state index contributed by atoms with van der Waals surface area (Å²) in [7, 11) is 3.51. The van der Waals surface area contributed by atoms with E-state index in [0.717, 1.165) is 22.9 Å². The van der Waals surface area contributed by atoms with Crippen molar-refractivity contribution in [2.75, 3.05) is 13.7 Å². The van der Waals surface area contributed by atoms with Crippen molar-refractivity contribution in [3.63, 3.8) is 0 Å². The predicted molar refractivity (Wildman–Crippen MR) is 129 cm³/mol. The quantitative estimate of drug-likeness (QED) is 0.390. The molecule has 0 bridgehead atoms. The normalized spacial score (nSPS) is 11.5. The molecule has 4 aromatic rings. The molecule has 7 nitrogen and oxygen atoms in total. The molecule has 0 fully saturated rings. The van der Waals surface area contributed by atoms with Crippen LogP contribution in [-0.2, 0) is 11.8 Å². The number of carbonyl (C=O) groups excluding carboxylic acids is 1. The largest absolute Gasteiger partial charge is 0.497 e. The first kappa shape index (κ1) is 22.9. The minimum absolute atomic E-state index is 0.130. The van der Waals surface area contributed by atoms with Crippen LogP contribution in [0.2, 0.25) is 0 Å². The fourth-order valence-electron chi connectivity index (χ4n) is 3.45. The maximum absolute atomic E-state index is 12.7. The average Bonchev–Trinajstić information content (AvgIpc) is 3.29. The molecule has 174 valence electrons. The Balaban J connectivity index is 1.38. The highest BCUT2D eigenvalue weighted by Gasteiger charge is 2.21. The molecule has 1 atom stereocenters. The second-order valence-electron chi connectivity index (χ2n) is 7.85. The number of carbonyl (C=O) groups is 1. The third-order valence-electron chi connectivity index (χ3n) is 5.32. The highest BCUT2D eigenvalue weighted by molar-refractivity contribution is 5.78. The average molecular weight is 458 g/mol. The van der Waals surface area contributed by atoms with Gasteiger partial charge >= 0.3 is 0 Å². The van der Waals surface area contributed by atoms with Gasteiger partial charge in [0.05, 0.1) is 7.11 Å². The van der Waals surface area contributed by atoms with Gasteiger partial charge in [0.25, 0.3) is 5.91 Å². The van der Waals surface area contributed by atoms with Crippen LogP contribution in [0.25, 0.3) is 0 Å². The predicted octanol–water partition coefficient (Wildman–Crippen LogP) is 4.81. The van der Waals surface area contributed by atoms with Gasteiger partial charge < -0.3 is 24.1 Å². The Morgan fingerprint density at radius 1 is 0.912 bits per heavy atom. The van der Waals surface area contributed by atoms with Crippen LogP contribution in [0.4, 0.5) is 0 Å². The van der Waals surface area contributed by atoms with E-state index in [1.54, 1.807) is 37.6 Å². The smallest absolute Gasteiger partial charge is 0.258 e. The molecule has 1 N–H and O–H groups in total. The monoisotopic (exact) mass is 457 g/mol. The summed E-state index contributed by atoms with van der Waals surface area (Å²) in [6, 6.07) is 22.1. The van der Waals surface area contributed by atoms with Crippen LogP contribution in [0, 0.1) is 6.92 Å². The van der Waals surface area contributed by atoms with Crippen molar-refractivity contribution in [2.45, 2.75) is 13.0 Å². The minimum atomic E-state index is -0.424. The lowest BCUT2D eigenvalue weighted by Gasteiger charge is -2.19. The molecule has 34 heavy (non-hydrogen) atoms. The first-order chi connectivity index (χ1) is 16.5. The second-order valence-corrected chi connectivity index (χ2v) is 7.85. The third kappa shape index (κ3) is 5.75. The molecular weight excluding hydrogens is 430 g/mol. The number of imidazole rings is 1. The number of benzene rings is 3. The van der Waals surface area contributed by atoms with Gasteiger partial charge in [-0.2, -0.15) is 0 Å². The summed E-state index contributed by atoms with van der Waals surface area (Å²) in [5.41, 5.74) is 2.06. The maximum Gasteiger partial charge on any atom is 0.258 e. The summed E-state index contributed by atoms with van der Waals surface area (Å²) in [4.78, 5) is 17.2. The number of nitrogens with one attached hydrogen (secondary N) is 1. The Hall–Kier alpha value is -4.26. The van der Waals surface area contributed by atoms with Crippen LogP contribution in [0.5, 0.6) is 23.0 Å². The highest BCUT2D eigenvalue weighted by Crippen LogP contribution is 2.25. The van der Waals surface area contributed by atoms with E-state index in [9.17, 15) is 4.79 Å². The molecule has 1 amide bonds. The number of ether oxygens (including phenoxy) is 3. The Kier molecular flexibility index (Phi) is 7.13. The van der Waals surface area contributed by atoms with Crippen molar-refractivity contribution in [3.05, 3.63) is 102 Å². The lowest BCUT2D eigenvalue weighted by atomic mass is 10.1. The van der Waals surface area contributed by atoms with Crippen LogP contribution in [0.1, 0.15) is 23.0 Å². The lowest BCUT2D eigenvalue weighted by molar-refractivity contribution is -0.123. The number of methoxy groups -OCH3 is 1. The number of hydrogen-bond donors (Lipinski definition) is 1. The van der Waals surface area contributed by atoms with Crippen LogP contribution >= 0.6 is 0 Å². The molecule has 0 radical (unpaired) electrons. The van der Waals surface area contributed by atoms with Crippen molar-refractivity contribution in [3.8, 4) is 23.0 Å². The number of rotatable bonds is 9. The summed E-state index contributed by atoms with van der Waals surface area (Å²) >= 11 is 0. The summed E-state index contributed by atoms with van der Waals surface area (Å²) in [5.74, 6) is 3.23. The van der Waals surface area contributed by atoms with Gasteiger partial charge in [-0.1, -0.05) is 29.8 Å². The Morgan fingerprint density at radius 2 is 1.50 bits per heavy atom. The van der Waals surface area contributed by atoms with E-state index >= 15 is 0 Å². The van der Waals surface area contributed by atoms with E-state index < -0.39 is 6.04 Å². The van der Waals surface area contributed by atoms with Gasteiger partial charge in [0.15, 0.2) is 6.61 Å². The van der Waals surface area contributed by atoms with Gasteiger partial charge in [0.1, 0.15) is 34.9 Å². The fourth-order valence-corrected chi connectivity index (χ4v) is 3.45. The highest BCUT2D eigenvalue weighted by atomic mass is 16.5. The van der Waals surface area contributed by atoms with Gasteiger partial charge in [0, 0.05) is 19.4 Å². The van der Waals surface area contributed by atoms with Gasteiger partial charge in [-0.15, -0.1) is 0 Å². The molecule has 1 aromatic heterocycles. The van der Waals surface area contributed by atoms with Crippen LogP contribution in [0.3, 0.4) is 0 Å². The van der Waals surface area contributed by atoms with Gasteiger partial charge in [-0.05, 0) is 61.0 Å². The lowest BCUT2D eigenvalue weighted by Crippen LogP contribution is -2.34. The van der Waals surface area contributed by atoms with Crippen LogP contribution < -0.4 is 19.5 Å². The third-order valence-corrected chi connectivity index (χ3v) is 5.32. The zero-order valence-corrected chi connectivity index (χ0v) is 19.4. The summed E-state index contributed by atoms with van der Waals surface area (Å²) in [5, 5.41) is 3.02. The molecule has 7 heteroatoms. The first-order valence-electron chi connectivity index (χ1n) is 10.9. The SMILES string of the molecule is COc1ccc(C(NC(=O)COc2ccc(Oc3ccc(C)cc3)cc2)c2nccn2C)cc1. The standard InChI is InChI=1S/C27H27N3O4/c1-19-4-8-23(9-5-19)34-24-14-12-22(13-15-24)33-18-25(31)29-26(27-28-16-17-30(27)2)20-6-10-21(32-3)11-7-20/h4-17,26H,18H2,1-3H3,(H,29,31). The molecule has 3 aromatic carbocycles. The molecule has 0 saturated carbocycles. The number of amides is 1. The molecule has 0 spiro atoms. The van der Waals surface area contributed by atoms with E-state index in [1.807, 2.05) is 73.3 Å². The number of nitrogens with zero attached hydrogens (tertiary/aromatic N) is 2. The van der Waals surface area contributed by atoms with Crippen LogP contribution in [-0.4, -0.2) is 29.2 Å². The zero-order chi connectivity index (χ0) is 23.9. The van der Waals surface area contributed by atoms with Crippen LogP contribution in [0.15, 0.2) is 85.2 Å². The van der Waals surface area contributed by atoms with Gasteiger partial charge in [0.2, 0.25) is 0 Å². The van der Waals surface area contributed by atoms with Crippen molar-refractivity contribution < 1.29 is 19.0 Å². The number of aromatic nitrogens is 2. The summed E-state index contributed by atoms with van der Waals surface area (Å²) in [6.07, 6.45) is 3.55. The molecule has 1 heterocycles. The Bertz CT molecular complexity index is 1220. The summed E-state index contributed by atoms with van der Waals surface area (Å²) < 4.78 is 18.6. The zero-order valence-electron chi connectivity index (χ0n) is 19.4. The van der Waals surface area contributed by atoms with E-state index in [1.165, 1.54) is 5.56 Å². The summed E-state index contributed by atoms with van der Waals surface area (Å²) in [6.45, 7) is 1.90. The maximum atomic E-state index is 12.7. The van der Waals surface area contributed by atoms with Crippen molar-refractivity contribution in [1.29, 1.82) is 0 Å². The molecule has 0 aliphatic heterocycles. The first-order valence-corrected chi connectivity index (χ1v) is 10.9. The fraction of sp³-hybridized carbons (Fsp3) is 0.185. The number of hydrogen-bond acceptors (Lipinski definition) is 5. The van der Waals surface area contributed by atoms with Crippen molar-refractivity contribution in [1.82, 2.24) is 14.9 Å². The minimum Gasteiger partial charge on any atom is -0.497 e. The molecule has 0 aliphatic rings. The van der Waals surface area contributed by atoms with Crippen molar-refractivity contribution in [2.24, 2.45) is 7.05 Å². The van der Waals surface area contributed by atoms with Crippen molar-refractivity contribution >= 4 is 5.91 Å². The molecule has 4 rings (SSSR count). The van der Waals surface area contributed by atoms with E-state index in [4.69, 9.17) is 14.2 Å². The number of aryl methyl sites for hydroxylation is 2. The van der Waals surface area contributed by atoms with E-state index in [2.05, 4.69) is 10.3 Å². The van der Waals surface area contributed by atoms with Gasteiger partial charge in [-0.3, -0.25) is 4.79 Å². The van der Waals surface area contributed by atoms with E-state index in [-0.39, 0.29) is 12.5 Å². The molecule has 1 unspecified atom stereocenters. The molecular formula is C27H27N3O4. The molecule has 0 saturated heterocycles. The Morgan fingerprint density at radius 3 is 2.09 bits per heavy atom. The second kappa shape index (κ2) is 10.6. The van der Waals surface area contributed by atoms with E-state index in [0.29, 0.717) is 11.5 Å². The Labute approximate surface area is 198 Å². The topological polar surface area (TPSA) is 74.6 Å². The van der Waals surface area contributed by atoms with Gasteiger partial charge in [-0.25, -0.2) is 4.98 Å². The molecule has 0 aliphatic carbocycles.